The van der Waals surface area contributed by atoms with Gasteiger partial charge >= 0.3 is 11.8 Å². The molecule has 7 nitrogen and oxygen atoms in total. The van der Waals surface area contributed by atoms with E-state index in [9.17, 15) is 14.4 Å². The smallest absolute Gasteiger partial charge is 0.312 e. The Morgan fingerprint density at radius 2 is 1.39 bits per heavy atom. The molecule has 1 aromatic carbocycles. The van der Waals surface area contributed by atoms with Crippen LogP contribution in [0.25, 0.3) is 10.6 Å². The maximum absolute atomic E-state index is 12.9. The molecular formula is C23H28N4O3S. The molecule has 4 rings (SSSR count). The zero-order chi connectivity index (χ0) is 22.0. The quantitative estimate of drug-likeness (QED) is 0.688. The van der Waals surface area contributed by atoms with Gasteiger partial charge in [-0.25, -0.2) is 4.98 Å². The van der Waals surface area contributed by atoms with Crippen LogP contribution < -0.4 is 0 Å². The number of piperazine rings is 1. The second kappa shape index (κ2) is 9.18. The van der Waals surface area contributed by atoms with Gasteiger partial charge in [-0.3, -0.25) is 14.4 Å². The topological polar surface area (TPSA) is 73.8 Å². The first-order valence-corrected chi connectivity index (χ1v) is 11.8. The summed E-state index contributed by atoms with van der Waals surface area (Å²) in [6, 6.07) is 8.29. The molecule has 2 aliphatic heterocycles. The Morgan fingerprint density at radius 3 is 1.97 bits per heavy atom. The summed E-state index contributed by atoms with van der Waals surface area (Å²) in [7, 11) is 0. The van der Waals surface area contributed by atoms with Crippen LogP contribution in [-0.4, -0.2) is 76.7 Å². The molecule has 0 unspecified atom stereocenters. The summed E-state index contributed by atoms with van der Waals surface area (Å²) in [6.07, 6.45) is 1.91. The van der Waals surface area contributed by atoms with E-state index in [4.69, 9.17) is 0 Å². The van der Waals surface area contributed by atoms with E-state index in [0.717, 1.165) is 23.4 Å². The SMILES string of the molecule is CC(C)c1ccc(-c2nc(C(=O)N3CCN(C(=O)C(=O)N4CCCC4)CC3)cs2)cc1. The Morgan fingerprint density at radius 1 is 0.839 bits per heavy atom. The normalized spacial score (nSPS) is 16.8. The fourth-order valence-corrected chi connectivity index (χ4v) is 4.78. The highest BCUT2D eigenvalue weighted by Gasteiger charge is 2.32. The van der Waals surface area contributed by atoms with Crippen LogP contribution in [0, 0.1) is 0 Å². The lowest BCUT2D eigenvalue weighted by Gasteiger charge is -2.34. The number of carbonyl (C=O) groups excluding carboxylic acids is 3. The molecule has 8 heteroatoms. The van der Waals surface area contributed by atoms with Crippen molar-refractivity contribution in [3.63, 3.8) is 0 Å². The highest BCUT2D eigenvalue weighted by atomic mass is 32.1. The van der Waals surface area contributed by atoms with Gasteiger partial charge in [0.2, 0.25) is 0 Å². The molecule has 0 spiro atoms. The van der Waals surface area contributed by atoms with Gasteiger partial charge in [0.05, 0.1) is 0 Å². The molecule has 2 fully saturated rings. The number of thiazole rings is 1. The summed E-state index contributed by atoms with van der Waals surface area (Å²) < 4.78 is 0. The first kappa shape index (κ1) is 21.5. The molecule has 31 heavy (non-hydrogen) atoms. The zero-order valence-corrected chi connectivity index (χ0v) is 18.9. The second-order valence-corrected chi connectivity index (χ2v) is 9.26. The van der Waals surface area contributed by atoms with Crippen molar-refractivity contribution in [3.8, 4) is 10.6 Å². The summed E-state index contributed by atoms with van der Waals surface area (Å²) in [5, 5.41) is 2.62. The Bertz CT molecular complexity index is 955. The molecule has 0 atom stereocenters. The van der Waals surface area contributed by atoms with Crippen LogP contribution in [0.4, 0.5) is 0 Å². The number of rotatable bonds is 3. The van der Waals surface area contributed by atoms with Crippen molar-refractivity contribution < 1.29 is 14.4 Å². The van der Waals surface area contributed by atoms with E-state index < -0.39 is 11.8 Å². The minimum atomic E-state index is -0.449. The standard InChI is InChI=1S/C23H28N4O3S/c1-16(2)17-5-7-18(8-6-17)20-24-19(15-31-20)21(28)26-11-13-27(14-12-26)23(30)22(29)25-9-3-4-10-25/h5-8,15-16H,3-4,9-14H2,1-2H3. The van der Waals surface area contributed by atoms with E-state index in [1.807, 2.05) is 12.1 Å². The molecule has 0 aliphatic carbocycles. The largest absolute Gasteiger partial charge is 0.334 e. The highest BCUT2D eigenvalue weighted by Crippen LogP contribution is 2.26. The number of hydrogen-bond acceptors (Lipinski definition) is 5. The van der Waals surface area contributed by atoms with Crippen LogP contribution in [0.15, 0.2) is 29.6 Å². The van der Waals surface area contributed by atoms with Crippen molar-refractivity contribution in [2.75, 3.05) is 39.3 Å². The molecule has 3 heterocycles. The highest BCUT2D eigenvalue weighted by molar-refractivity contribution is 7.13. The van der Waals surface area contributed by atoms with Gasteiger partial charge in [0.15, 0.2) is 0 Å². The summed E-state index contributed by atoms with van der Waals surface area (Å²) in [5.41, 5.74) is 2.71. The van der Waals surface area contributed by atoms with Crippen LogP contribution in [0.5, 0.6) is 0 Å². The summed E-state index contributed by atoms with van der Waals surface area (Å²) in [6.45, 7) is 7.21. The Kier molecular flexibility index (Phi) is 6.36. The van der Waals surface area contributed by atoms with E-state index >= 15 is 0 Å². The lowest BCUT2D eigenvalue weighted by molar-refractivity contribution is -0.152. The predicted octanol–water partition coefficient (Wildman–Crippen LogP) is 2.84. The number of nitrogens with zero attached hydrogens (tertiary/aromatic N) is 4. The van der Waals surface area contributed by atoms with Gasteiger partial charge < -0.3 is 14.7 Å². The predicted molar refractivity (Wildman–Crippen MR) is 120 cm³/mol. The summed E-state index contributed by atoms with van der Waals surface area (Å²) in [5.74, 6) is -0.516. The second-order valence-electron chi connectivity index (χ2n) is 8.40. The molecule has 0 bridgehead atoms. The van der Waals surface area contributed by atoms with Crippen molar-refractivity contribution in [1.82, 2.24) is 19.7 Å². The fraction of sp³-hybridized carbons (Fsp3) is 0.478. The first-order valence-electron chi connectivity index (χ1n) is 10.9. The molecular weight excluding hydrogens is 412 g/mol. The molecule has 1 aromatic heterocycles. The minimum Gasteiger partial charge on any atom is -0.334 e. The average molecular weight is 441 g/mol. The van der Waals surface area contributed by atoms with Crippen molar-refractivity contribution in [2.24, 2.45) is 0 Å². The number of aromatic nitrogens is 1. The van der Waals surface area contributed by atoms with Gasteiger partial charge in [-0.2, -0.15) is 0 Å². The first-order chi connectivity index (χ1) is 14.9. The van der Waals surface area contributed by atoms with Crippen LogP contribution in [0.1, 0.15) is 48.7 Å². The Hall–Kier alpha value is -2.74. The van der Waals surface area contributed by atoms with Gasteiger partial charge in [0.1, 0.15) is 10.7 Å². The number of amides is 3. The van der Waals surface area contributed by atoms with Crippen molar-refractivity contribution in [3.05, 3.63) is 40.9 Å². The Labute approximate surface area is 186 Å². The number of benzene rings is 1. The molecule has 164 valence electrons. The zero-order valence-electron chi connectivity index (χ0n) is 18.0. The molecule has 0 radical (unpaired) electrons. The maximum Gasteiger partial charge on any atom is 0.312 e. The van der Waals surface area contributed by atoms with Gasteiger partial charge in [-0.1, -0.05) is 38.1 Å². The van der Waals surface area contributed by atoms with Crippen LogP contribution in [0.2, 0.25) is 0 Å². The van der Waals surface area contributed by atoms with E-state index in [2.05, 4.69) is 31.0 Å². The molecule has 2 aromatic rings. The van der Waals surface area contributed by atoms with E-state index in [0.29, 0.717) is 50.9 Å². The van der Waals surface area contributed by atoms with Crippen molar-refractivity contribution in [2.45, 2.75) is 32.6 Å². The molecule has 3 amide bonds. The molecule has 0 N–H and O–H groups in total. The van der Waals surface area contributed by atoms with Crippen molar-refractivity contribution >= 4 is 29.1 Å². The molecule has 0 saturated carbocycles. The maximum atomic E-state index is 12.9. The summed E-state index contributed by atoms with van der Waals surface area (Å²) >= 11 is 1.46. The number of carbonyl (C=O) groups is 3. The summed E-state index contributed by atoms with van der Waals surface area (Å²) in [4.78, 5) is 47.2. The molecule has 2 aliphatic rings. The van der Waals surface area contributed by atoms with E-state index in [-0.39, 0.29) is 5.91 Å². The Balaban J connectivity index is 1.34. The number of hydrogen-bond donors (Lipinski definition) is 0. The van der Waals surface area contributed by atoms with E-state index in [1.54, 1.807) is 20.1 Å². The molecule has 2 saturated heterocycles. The van der Waals surface area contributed by atoms with E-state index in [1.165, 1.54) is 16.9 Å². The third kappa shape index (κ3) is 4.63. The van der Waals surface area contributed by atoms with Crippen molar-refractivity contribution in [1.29, 1.82) is 0 Å². The van der Waals surface area contributed by atoms with Gasteiger partial charge in [-0.05, 0) is 24.3 Å². The third-order valence-electron chi connectivity index (χ3n) is 5.98. The van der Waals surface area contributed by atoms with Crippen LogP contribution >= 0.6 is 11.3 Å². The monoisotopic (exact) mass is 440 g/mol. The van der Waals surface area contributed by atoms with Gasteiger partial charge in [0, 0.05) is 50.2 Å². The minimum absolute atomic E-state index is 0.126. The lowest BCUT2D eigenvalue weighted by Crippen LogP contribution is -2.54. The fourth-order valence-electron chi connectivity index (χ4n) is 3.98. The van der Waals surface area contributed by atoms with Crippen LogP contribution in [-0.2, 0) is 9.59 Å². The van der Waals surface area contributed by atoms with Crippen LogP contribution in [0.3, 0.4) is 0 Å². The van der Waals surface area contributed by atoms with Gasteiger partial charge in [-0.15, -0.1) is 11.3 Å². The van der Waals surface area contributed by atoms with Gasteiger partial charge in [0.25, 0.3) is 5.91 Å². The average Bonchev–Trinajstić information content (AvgIpc) is 3.50. The third-order valence-corrected chi connectivity index (χ3v) is 6.87. The number of likely N-dealkylation sites (tertiary alicyclic amines) is 1. The lowest BCUT2D eigenvalue weighted by atomic mass is 10.0.